The van der Waals surface area contributed by atoms with Crippen molar-refractivity contribution in [1.29, 1.82) is 0 Å². The molecule has 110 valence electrons. The average molecular weight is 310 g/mol. The topological polar surface area (TPSA) is 74.2 Å². The molecule has 0 aliphatic heterocycles. The Morgan fingerprint density at radius 1 is 1.38 bits per heavy atom. The predicted octanol–water partition coefficient (Wildman–Crippen LogP) is 2.57. The molecule has 5 rings (SSSR count). The highest BCUT2D eigenvalue weighted by Crippen LogP contribution is 2.65. The van der Waals surface area contributed by atoms with Gasteiger partial charge in [-0.2, -0.15) is 4.98 Å². The molecule has 7 heteroatoms. The third-order valence-electron chi connectivity index (χ3n) is 4.25. The van der Waals surface area contributed by atoms with E-state index in [0.717, 1.165) is 19.3 Å². The molecule has 3 aliphatic carbocycles. The molecule has 5 nitrogen and oxygen atoms in total. The van der Waals surface area contributed by atoms with Gasteiger partial charge in [-0.05, 0) is 31.4 Å². The van der Waals surface area contributed by atoms with E-state index >= 15 is 0 Å². The number of nitrogens with zero attached hydrogens (tertiary/aromatic N) is 2. The zero-order chi connectivity index (χ0) is 14.7. The molecule has 2 N–H and O–H groups in total. The number of ether oxygens (including phenoxy) is 1. The molecule has 3 fully saturated rings. The number of halogens is 2. The highest BCUT2D eigenvalue weighted by Gasteiger charge is 2.69. The van der Waals surface area contributed by atoms with E-state index in [2.05, 4.69) is 10.1 Å². The van der Waals surface area contributed by atoms with Gasteiger partial charge >= 0.3 is 0 Å². The molecule has 3 saturated carbocycles. The molecule has 0 amide bonds. The van der Waals surface area contributed by atoms with Crippen LogP contribution in [-0.4, -0.2) is 15.7 Å². The van der Waals surface area contributed by atoms with Crippen molar-refractivity contribution in [3.8, 4) is 5.75 Å². The van der Waals surface area contributed by atoms with E-state index < -0.39 is 5.82 Å². The van der Waals surface area contributed by atoms with E-state index in [1.165, 1.54) is 12.1 Å². The van der Waals surface area contributed by atoms with Crippen LogP contribution in [0.4, 0.5) is 4.39 Å². The van der Waals surface area contributed by atoms with Gasteiger partial charge in [0.05, 0.1) is 10.4 Å². The lowest BCUT2D eigenvalue weighted by Gasteiger charge is -2.66. The monoisotopic (exact) mass is 309 g/mol. The smallest absolute Gasteiger partial charge is 0.233 e. The zero-order valence-electron chi connectivity index (χ0n) is 11.1. The van der Waals surface area contributed by atoms with Crippen LogP contribution in [0.3, 0.4) is 0 Å². The van der Waals surface area contributed by atoms with Crippen molar-refractivity contribution >= 4 is 11.6 Å². The third-order valence-corrected chi connectivity index (χ3v) is 4.56. The summed E-state index contributed by atoms with van der Waals surface area (Å²) >= 11 is 5.61. The third kappa shape index (κ3) is 2.01. The van der Waals surface area contributed by atoms with Crippen LogP contribution >= 0.6 is 11.6 Å². The molecule has 1 aromatic carbocycles. The van der Waals surface area contributed by atoms with Crippen molar-refractivity contribution in [1.82, 2.24) is 10.1 Å². The summed E-state index contributed by atoms with van der Waals surface area (Å²) in [7, 11) is 0. The van der Waals surface area contributed by atoms with Gasteiger partial charge in [0.1, 0.15) is 11.6 Å². The lowest BCUT2D eigenvalue weighted by Crippen LogP contribution is -2.74. The van der Waals surface area contributed by atoms with Gasteiger partial charge < -0.3 is 15.0 Å². The van der Waals surface area contributed by atoms with Gasteiger partial charge in [-0.15, -0.1) is 0 Å². The van der Waals surface area contributed by atoms with Gasteiger partial charge in [0.25, 0.3) is 0 Å². The summed E-state index contributed by atoms with van der Waals surface area (Å²) in [5.41, 5.74) is 6.00. The molecule has 1 aromatic heterocycles. The lowest BCUT2D eigenvalue weighted by molar-refractivity contribution is -0.0793. The van der Waals surface area contributed by atoms with Gasteiger partial charge in [0.15, 0.2) is 6.61 Å². The molecule has 21 heavy (non-hydrogen) atoms. The zero-order valence-corrected chi connectivity index (χ0v) is 11.9. The molecule has 1 heterocycles. The second-order valence-corrected chi connectivity index (χ2v) is 6.46. The van der Waals surface area contributed by atoms with Gasteiger partial charge in [0.2, 0.25) is 11.7 Å². The van der Waals surface area contributed by atoms with Crippen LogP contribution < -0.4 is 10.5 Å². The van der Waals surface area contributed by atoms with Crippen LogP contribution in [0, 0.1) is 5.82 Å². The molecule has 3 aliphatic rings. The highest BCUT2D eigenvalue weighted by molar-refractivity contribution is 6.30. The van der Waals surface area contributed by atoms with E-state index in [9.17, 15) is 4.39 Å². The number of hydrogen-bond donors (Lipinski definition) is 1. The van der Waals surface area contributed by atoms with E-state index in [4.69, 9.17) is 26.6 Å². The van der Waals surface area contributed by atoms with E-state index in [0.29, 0.717) is 17.5 Å². The maximum atomic E-state index is 13.3. The van der Waals surface area contributed by atoms with Crippen LogP contribution in [-0.2, 0) is 12.0 Å². The van der Waals surface area contributed by atoms with Crippen molar-refractivity contribution in [3.63, 3.8) is 0 Å². The van der Waals surface area contributed by atoms with Crippen molar-refractivity contribution in [2.75, 3.05) is 0 Å². The second kappa shape index (κ2) is 4.18. The fraction of sp³-hybridized carbons (Fsp3) is 0.429. The molecule has 2 bridgehead atoms. The van der Waals surface area contributed by atoms with Crippen molar-refractivity contribution in [3.05, 3.63) is 40.8 Å². The van der Waals surface area contributed by atoms with Crippen molar-refractivity contribution in [2.24, 2.45) is 5.73 Å². The summed E-state index contributed by atoms with van der Waals surface area (Å²) < 4.78 is 24.0. The number of hydrogen-bond acceptors (Lipinski definition) is 5. The first kappa shape index (κ1) is 13.0. The first-order valence-corrected chi connectivity index (χ1v) is 7.06. The van der Waals surface area contributed by atoms with Crippen LogP contribution in [0.25, 0.3) is 0 Å². The molecule has 0 saturated heterocycles. The van der Waals surface area contributed by atoms with E-state index in [1.54, 1.807) is 6.07 Å². The minimum Gasteiger partial charge on any atom is -0.485 e. The molecule has 0 unspecified atom stereocenters. The number of aromatic nitrogens is 2. The SMILES string of the molecule is NC12CC(c3nc(COc4ccc(Cl)c(F)c4)no3)(C1)C2. The second-order valence-electron chi connectivity index (χ2n) is 6.05. The standard InChI is InChI=1S/C14H13ClFN3O2/c15-9-2-1-8(3-10(9)16)20-4-11-18-12(21-19-11)13-5-14(17,6-13)7-13/h1-3H,4-7,17H2. The van der Waals surface area contributed by atoms with E-state index in [-0.39, 0.29) is 22.6 Å². The Kier molecular flexibility index (Phi) is 2.59. The summed E-state index contributed by atoms with van der Waals surface area (Å²) in [4.78, 5) is 4.35. The summed E-state index contributed by atoms with van der Waals surface area (Å²) in [6.07, 6.45) is 2.72. The number of nitrogens with two attached hydrogens (primary N) is 1. The summed E-state index contributed by atoms with van der Waals surface area (Å²) in [5, 5.41) is 3.95. The Morgan fingerprint density at radius 2 is 2.14 bits per heavy atom. The quantitative estimate of drug-likeness (QED) is 0.939. The Balaban J connectivity index is 1.42. The van der Waals surface area contributed by atoms with Crippen LogP contribution in [0.2, 0.25) is 5.02 Å². The molecule has 0 spiro atoms. The molecular formula is C14H13ClFN3O2. The molecule has 0 atom stereocenters. The highest BCUT2D eigenvalue weighted by atomic mass is 35.5. The fourth-order valence-electron chi connectivity index (χ4n) is 3.34. The summed E-state index contributed by atoms with van der Waals surface area (Å²) in [6.45, 7) is 0.119. The lowest BCUT2D eigenvalue weighted by atomic mass is 9.40. The van der Waals surface area contributed by atoms with E-state index in [1.807, 2.05) is 0 Å². The summed E-state index contributed by atoms with van der Waals surface area (Å²) in [6, 6.07) is 4.25. The molecule has 0 radical (unpaired) electrons. The Morgan fingerprint density at radius 3 is 2.81 bits per heavy atom. The maximum Gasteiger partial charge on any atom is 0.233 e. The van der Waals surface area contributed by atoms with Gasteiger partial charge in [0, 0.05) is 11.6 Å². The minimum absolute atomic E-state index is 0.00756. The van der Waals surface area contributed by atoms with Crippen LogP contribution in [0.1, 0.15) is 31.0 Å². The maximum absolute atomic E-state index is 13.3. The predicted molar refractivity (Wildman–Crippen MR) is 72.5 cm³/mol. The number of benzene rings is 1. The Labute approximate surface area is 125 Å². The van der Waals surface area contributed by atoms with Gasteiger partial charge in [-0.3, -0.25) is 0 Å². The fourth-order valence-corrected chi connectivity index (χ4v) is 3.45. The Bertz CT molecular complexity index is 698. The molecular weight excluding hydrogens is 297 g/mol. The van der Waals surface area contributed by atoms with Crippen LogP contribution in [0.15, 0.2) is 22.7 Å². The van der Waals surface area contributed by atoms with Gasteiger partial charge in [-0.1, -0.05) is 16.8 Å². The first-order valence-electron chi connectivity index (χ1n) is 6.68. The molecule has 2 aromatic rings. The van der Waals surface area contributed by atoms with Crippen molar-refractivity contribution < 1.29 is 13.7 Å². The number of rotatable bonds is 4. The average Bonchev–Trinajstić information content (AvgIpc) is 2.84. The van der Waals surface area contributed by atoms with Crippen molar-refractivity contribution in [2.45, 2.75) is 36.8 Å². The normalized spacial score (nSPS) is 29.7. The first-order chi connectivity index (χ1) is 9.98. The largest absolute Gasteiger partial charge is 0.485 e. The van der Waals surface area contributed by atoms with Crippen LogP contribution in [0.5, 0.6) is 5.75 Å². The Hall–Kier alpha value is -1.66. The minimum atomic E-state index is -0.523. The summed E-state index contributed by atoms with van der Waals surface area (Å²) in [5.74, 6) is 0.923. The van der Waals surface area contributed by atoms with Gasteiger partial charge in [-0.25, -0.2) is 4.39 Å².